The molecule has 0 saturated heterocycles. The van der Waals surface area contributed by atoms with E-state index in [1.165, 1.54) is 0 Å². The van der Waals surface area contributed by atoms with Crippen LogP contribution in [0.2, 0.25) is 0 Å². The molecule has 23 heavy (non-hydrogen) atoms. The van der Waals surface area contributed by atoms with Crippen LogP contribution in [0, 0.1) is 6.92 Å². The Kier molecular flexibility index (Phi) is 5.87. The van der Waals surface area contributed by atoms with E-state index in [1.807, 2.05) is 31.5 Å². The van der Waals surface area contributed by atoms with Crippen LogP contribution in [0.15, 0.2) is 33.5 Å². The number of aromatic nitrogens is 3. The van der Waals surface area contributed by atoms with E-state index in [-0.39, 0.29) is 12.4 Å². The van der Waals surface area contributed by atoms with Crippen LogP contribution < -0.4 is 5.32 Å². The van der Waals surface area contributed by atoms with Gasteiger partial charge in [-0.15, -0.1) is 12.4 Å². The Bertz CT molecular complexity index is 757. The summed E-state index contributed by atoms with van der Waals surface area (Å²) in [4.78, 5) is 9.11. The predicted molar refractivity (Wildman–Crippen MR) is 95.1 cm³/mol. The SMILES string of the molecule is CNC(C)Cc1noc(-c2ccc(-c3ccsc3)nc2C)n1.Cl. The van der Waals surface area contributed by atoms with E-state index in [0.717, 1.165) is 28.9 Å². The largest absolute Gasteiger partial charge is 0.334 e. The van der Waals surface area contributed by atoms with Crippen LogP contribution in [0.25, 0.3) is 22.7 Å². The Balaban J connectivity index is 0.00000192. The van der Waals surface area contributed by atoms with Gasteiger partial charge in [0, 0.05) is 23.4 Å². The van der Waals surface area contributed by atoms with Crippen molar-refractivity contribution >= 4 is 23.7 Å². The first kappa shape index (κ1) is 17.6. The van der Waals surface area contributed by atoms with Gasteiger partial charge >= 0.3 is 0 Å². The Morgan fingerprint density at radius 3 is 2.74 bits per heavy atom. The zero-order valence-corrected chi connectivity index (χ0v) is 14.9. The lowest BCUT2D eigenvalue weighted by atomic mass is 10.1. The van der Waals surface area contributed by atoms with Gasteiger partial charge in [0.1, 0.15) is 0 Å². The standard InChI is InChI=1S/C16H18N4OS.ClH/c1-10(17-3)8-15-19-16(21-20-15)13-4-5-14(18-11(13)2)12-6-7-22-9-12;/h4-7,9-10,17H,8H2,1-3H3;1H. The highest BCUT2D eigenvalue weighted by Gasteiger charge is 2.14. The lowest BCUT2D eigenvalue weighted by Crippen LogP contribution is -2.24. The molecule has 0 aliphatic rings. The number of thiophene rings is 1. The highest BCUT2D eigenvalue weighted by atomic mass is 35.5. The number of halogens is 1. The molecule has 7 heteroatoms. The Morgan fingerprint density at radius 2 is 2.09 bits per heavy atom. The molecular weight excluding hydrogens is 332 g/mol. The lowest BCUT2D eigenvalue weighted by molar-refractivity contribution is 0.418. The topological polar surface area (TPSA) is 63.8 Å². The lowest BCUT2D eigenvalue weighted by Gasteiger charge is -2.05. The van der Waals surface area contributed by atoms with Gasteiger partial charge in [0.05, 0.1) is 17.0 Å². The van der Waals surface area contributed by atoms with Crippen LogP contribution in [-0.2, 0) is 6.42 Å². The van der Waals surface area contributed by atoms with E-state index in [2.05, 4.69) is 38.8 Å². The van der Waals surface area contributed by atoms with Crippen molar-refractivity contribution in [3.63, 3.8) is 0 Å². The van der Waals surface area contributed by atoms with Crippen LogP contribution in [0.4, 0.5) is 0 Å². The molecule has 0 saturated carbocycles. The van der Waals surface area contributed by atoms with E-state index < -0.39 is 0 Å². The van der Waals surface area contributed by atoms with E-state index in [1.54, 1.807) is 11.3 Å². The second kappa shape index (κ2) is 7.68. The number of hydrogen-bond donors (Lipinski definition) is 1. The van der Waals surface area contributed by atoms with Gasteiger partial charge < -0.3 is 9.84 Å². The molecule has 0 spiro atoms. The van der Waals surface area contributed by atoms with Gasteiger partial charge in [-0.1, -0.05) is 5.16 Å². The Morgan fingerprint density at radius 1 is 1.26 bits per heavy atom. The molecule has 0 aliphatic heterocycles. The van der Waals surface area contributed by atoms with Gasteiger partial charge in [-0.3, -0.25) is 4.98 Å². The number of hydrogen-bond acceptors (Lipinski definition) is 6. The summed E-state index contributed by atoms with van der Waals surface area (Å²) >= 11 is 1.67. The maximum atomic E-state index is 5.38. The zero-order valence-electron chi connectivity index (χ0n) is 13.2. The molecule has 0 radical (unpaired) electrons. The van der Waals surface area contributed by atoms with Gasteiger partial charge in [0.25, 0.3) is 5.89 Å². The number of nitrogens with one attached hydrogen (secondary N) is 1. The molecular formula is C16H19ClN4OS. The summed E-state index contributed by atoms with van der Waals surface area (Å²) in [5.41, 5.74) is 3.87. The summed E-state index contributed by atoms with van der Waals surface area (Å²) in [7, 11) is 1.92. The van der Waals surface area contributed by atoms with Crippen molar-refractivity contribution in [2.45, 2.75) is 26.3 Å². The van der Waals surface area contributed by atoms with Crippen LogP contribution in [0.3, 0.4) is 0 Å². The van der Waals surface area contributed by atoms with Crippen molar-refractivity contribution < 1.29 is 4.52 Å². The molecule has 3 aromatic heterocycles. The number of aryl methyl sites for hydroxylation is 1. The first-order valence-electron chi connectivity index (χ1n) is 7.18. The molecule has 1 atom stereocenters. The molecule has 1 unspecified atom stereocenters. The highest BCUT2D eigenvalue weighted by molar-refractivity contribution is 7.08. The molecule has 0 bridgehead atoms. The Hall–Kier alpha value is -1.76. The van der Waals surface area contributed by atoms with Gasteiger partial charge in [-0.25, -0.2) is 0 Å². The first-order valence-corrected chi connectivity index (χ1v) is 8.12. The monoisotopic (exact) mass is 350 g/mol. The van der Waals surface area contributed by atoms with Crippen molar-refractivity contribution in [2.24, 2.45) is 0 Å². The predicted octanol–water partition coefficient (Wildman–Crippen LogP) is 3.74. The molecule has 0 fully saturated rings. The van der Waals surface area contributed by atoms with Crippen molar-refractivity contribution in [1.82, 2.24) is 20.4 Å². The third kappa shape index (κ3) is 3.96. The fraction of sp³-hybridized carbons (Fsp3) is 0.312. The van der Waals surface area contributed by atoms with Crippen LogP contribution in [0.1, 0.15) is 18.4 Å². The number of pyridine rings is 1. The van der Waals surface area contributed by atoms with Gasteiger partial charge in [0.2, 0.25) is 0 Å². The molecule has 1 N–H and O–H groups in total. The van der Waals surface area contributed by atoms with Crippen LogP contribution in [0.5, 0.6) is 0 Å². The normalized spacial score (nSPS) is 12.0. The van der Waals surface area contributed by atoms with Crippen LogP contribution >= 0.6 is 23.7 Å². The average molecular weight is 351 g/mol. The molecule has 0 aliphatic carbocycles. The van der Waals surface area contributed by atoms with E-state index in [4.69, 9.17) is 4.52 Å². The number of likely N-dealkylation sites (N-methyl/N-ethyl adjacent to an activating group) is 1. The summed E-state index contributed by atoms with van der Waals surface area (Å²) in [6.07, 6.45) is 0.736. The fourth-order valence-corrected chi connectivity index (χ4v) is 2.83. The number of rotatable bonds is 5. The third-order valence-electron chi connectivity index (χ3n) is 3.58. The molecule has 3 rings (SSSR count). The molecule has 3 aromatic rings. The van der Waals surface area contributed by atoms with Crippen molar-refractivity contribution in [3.05, 3.63) is 40.5 Å². The summed E-state index contributed by atoms with van der Waals surface area (Å²) in [5, 5.41) is 11.3. The third-order valence-corrected chi connectivity index (χ3v) is 4.27. The minimum absolute atomic E-state index is 0. The van der Waals surface area contributed by atoms with Crippen molar-refractivity contribution in [3.8, 4) is 22.7 Å². The molecule has 5 nitrogen and oxygen atoms in total. The van der Waals surface area contributed by atoms with Crippen LogP contribution in [-0.4, -0.2) is 28.2 Å². The zero-order chi connectivity index (χ0) is 15.5. The smallest absolute Gasteiger partial charge is 0.259 e. The van der Waals surface area contributed by atoms with E-state index >= 15 is 0 Å². The fourth-order valence-electron chi connectivity index (χ4n) is 2.18. The summed E-state index contributed by atoms with van der Waals surface area (Å²) < 4.78 is 5.38. The molecule has 0 amide bonds. The highest BCUT2D eigenvalue weighted by Crippen LogP contribution is 2.26. The van der Waals surface area contributed by atoms with Gasteiger partial charge in [-0.05, 0) is 44.5 Å². The number of nitrogens with zero attached hydrogens (tertiary/aromatic N) is 3. The minimum Gasteiger partial charge on any atom is -0.334 e. The van der Waals surface area contributed by atoms with E-state index in [0.29, 0.717) is 17.8 Å². The second-order valence-corrected chi connectivity index (χ2v) is 6.03. The van der Waals surface area contributed by atoms with Gasteiger partial charge in [-0.2, -0.15) is 16.3 Å². The average Bonchev–Trinajstić information content (AvgIpc) is 3.18. The summed E-state index contributed by atoms with van der Waals surface area (Å²) in [6, 6.07) is 6.36. The molecule has 122 valence electrons. The first-order chi connectivity index (χ1) is 10.7. The van der Waals surface area contributed by atoms with Gasteiger partial charge in [0.15, 0.2) is 5.82 Å². The van der Waals surface area contributed by atoms with Crippen molar-refractivity contribution in [2.75, 3.05) is 7.05 Å². The summed E-state index contributed by atoms with van der Waals surface area (Å²) in [5.74, 6) is 1.23. The molecule has 0 aromatic carbocycles. The van der Waals surface area contributed by atoms with Crippen molar-refractivity contribution in [1.29, 1.82) is 0 Å². The molecule has 3 heterocycles. The Labute approximate surface area is 145 Å². The second-order valence-electron chi connectivity index (χ2n) is 5.25. The maximum absolute atomic E-state index is 5.38. The minimum atomic E-state index is 0. The van der Waals surface area contributed by atoms with E-state index in [9.17, 15) is 0 Å². The summed E-state index contributed by atoms with van der Waals surface area (Å²) in [6.45, 7) is 4.05. The maximum Gasteiger partial charge on any atom is 0.259 e. The quantitative estimate of drug-likeness (QED) is 0.759.